The van der Waals surface area contributed by atoms with Gasteiger partial charge in [0.25, 0.3) is 0 Å². The molecule has 11 nitrogen and oxygen atoms in total. The zero-order valence-corrected chi connectivity index (χ0v) is 17.3. The van der Waals surface area contributed by atoms with Crippen molar-refractivity contribution in [1.82, 2.24) is 0 Å². The van der Waals surface area contributed by atoms with Gasteiger partial charge in [-0.3, -0.25) is 9.79 Å². The maximum absolute atomic E-state index is 10.1. The molecule has 23 heavy (non-hydrogen) atoms. The average Bonchev–Trinajstić information content (AvgIpc) is 2.32. The van der Waals surface area contributed by atoms with Crippen LogP contribution < -0.4 is 86.5 Å². The van der Waals surface area contributed by atoms with Gasteiger partial charge in [-0.15, -0.1) is 0 Å². The molecule has 0 aromatic rings. The molecule has 0 radical (unpaired) electrons. The van der Waals surface area contributed by atoms with E-state index in [1.54, 1.807) is 0 Å². The second-order valence-corrected chi connectivity index (χ2v) is 3.64. The summed E-state index contributed by atoms with van der Waals surface area (Å²) in [7, 11) is 0. The maximum Gasteiger partial charge on any atom is 1.00 e. The molecule has 0 bridgehead atoms. The number of rotatable bonds is 8. The Kier molecular flexibility index (Phi) is 32.0. The monoisotopic (exact) mass is 354 g/mol. The number of hydrogen-bond acceptors (Lipinski definition) is 7. The van der Waals surface area contributed by atoms with Crippen LogP contribution in [0.5, 0.6) is 0 Å². The van der Waals surface area contributed by atoms with E-state index in [2.05, 4.69) is 4.99 Å². The summed E-state index contributed by atoms with van der Waals surface area (Å²) in [6, 6.07) is -0.931. The molecular weight excluding hydrogens is 334 g/mol. The van der Waals surface area contributed by atoms with Crippen LogP contribution in [0.15, 0.2) is 4.99 Å². The molecule has 0 fully saturated rings. The van der Waals surface area contributed by atoms with Gasteiger partial charge in [-0.25, -0.2) is 0 Å². The quantitative estimate of drug-likeness (QED) is 0.140. The fraction of sp³-hybridized carbons (Fsp3) is 0.600. The number of nitrogens with two attached hydrogens (primary N) is 3. The first-order valence-electron chi connectivity index (χ1n) is 5.60. The van der Waals surface area contributed by atoms with Gasteiger partial charge in [-0.05, 0) is 19.3 Å². The van der Waals surface area contributed by atoms with Gasteiger partial charge in [0, 0.05) is 18.6 Å². The molecule has 0 saturated heterocycles. The van der Waals surface area contributed by atoms with Crippen molar-refractivity contribution in [2.75, 3.05) is 6.54 Å². The Balaban J connectivity index is -0.0000000880. The summed E-state index contributed by atoms with van der Waals surface area (Å²) in [5.41, 5.74) is 15.2. The van der Waals surface area contributed by atoms with Gasteiger partial charge in [-0.1, -0.05) is 0 Å². The number of carboxylic acids is 3. The largest absolute Gasteiger partial charge is 1.00 e. The average molecular weight is 354 g/mol. The summed E-state index contributed by atoms with van der Waals surface area (Å²) in [5.74, 6) is -3.70. The molecule has 0 spiro atoms. The van der Waals surface area contributed by atoms with Crippen LogP contribution in [-0.2, 0) is 14.4 Å². The number of carbonyl (C=O) groups is 3. The number of guanidine groups is 1. The molecule has 0 aliphatic rings. The van der Waals surface area contributed by atoms with Crippen LogP contribution in [0.1, 0.15) is 25.7 Å². The van der Waals surface area contributed by atoms with Crippen molar-refractivity contribution in [2.24, 2.45) is 22.2 Å². The van der Waals surface area contributed by atoms with Gasteiger partial charge in [0.1, 0.15) is 0 Å². The zero-order chi connectivity index (χ0) is 16.1. The van der Waals surface area contributed by atoms with Crippen molar-refractivity contribution in [3.63, 3.8) is 0 Å². The molecule has 0 saturated carbocycles. The number of carboxylic acid groups (broad SMARTS) is 3. The number of aliphatic imine (C=N–C) groups is 1. The predicted molar refractivity (Wildman–Crippen MR) is 68.4 cm³/mol. The van der Waals surface area contributed by atoms with E-state index in [-0.39, 0.29) is 77.0 Å². The van der Waals surface area contributed by atoms with Crippen molar-refractivity contribution in [1.29, 1.82) is 0 Å². The van der Waals surface area contributed by atoms with Crippen LogP contribution >= 0.6 is 0 Å². The Hall–Kier alpha value is -0.400. The van der Waals surface area contributed by atoms with Crippen LogP contribution in [0.4, 0.5) is 0 Å². The minimum atomic E-state index is -1.33. The molecule has 9 N–H and O–H groups in total. The zero-order valence-electron chi connectivity index (χ0n) is 13.3. The summed E-state index contributed by atoms with van der Waals surface area (Å²) < 4.78 is 0. The van der Waals surface area contributed by atoms with Crippen LogP contribution in [0, 0.1) is 0 Å². The summed E-state index contributed by atoms with van der Waals surface area (Å²) in [6.45, 7) is 0.392. The molecule has 0 rings (SSSR count). The minimum absolute atomic E-state index is 0. The van der Waals surface area contributed by atoms with Crippen molar-refractivity contribution in [2.45, 2.75) is 31.7 Å². The molecule has 13 heteroatoms. The Morgan fingerprint density at radius 3 is 1.83 bits per heavy atom. The standard InChI is InChI=1S/C6H14N4O2.C4H6O4.2Na.H2O/c7-4(5(11)12)2-1-3-10-6(8)9;5-3(6)1-2-4(7)8;;;/h4H,1-3,7H2,(H,11,12)(H4,8,9,10);1-2H2,(H,5,6)(H,7,8);;;1H2/q;;2*+1;/p-2/t4-;;;;/m0..../s1. The first kappa shape index (κ1) is 34.0. The van der Waals surface area contributed by atoms with Crippen LogP contribution in [0.3, 0.4) is 0 Å². The Morgan fingerprint density at radius 2 is 1.57 bits per heavy atom. The van der Waals surface area contributed by atoms with Gasteiger partial charge < -0.3 is 47.6 Å². The fourth-order valence-corrected chi connectivity index (χ4v) is 0.846. The second kappa shape index (κ2) is 21.6. The molecule has 124 valence electrons. The number of aliphatic carboxylic acids is 3. The van der Waals surface area contributed by atoms with Crippen LogP contribution in [0.2, 0.25) is 0 Å². The summed E-state index contributed by atoms with van der Waals surface area (Å²) in [6.07, 6.45) is 0.0871. The van der Waals surface area contributed by atoms with E-state index in [4.69, 9.17) is 22.3 Å². The topological polar surface area (TPSA) is 239 Å². The molecule has 0 amide bonds. The fourth-order valence-electron chi connectivity index (χ4n) is 0.846. The van der Waals surface area contributed by atoms with E-state index in [0.29, 0.717) is 19.4 Å². The van der Waals surface area contributed by atoms with Crippen LogP contribution in [-0.4, -0.2) is 47.0 Å². The first-order chi connectivity index (χ1) is 9.16. The Morgan fingerprint density at radius 1 is 1.09 bits per heavy atom. The number of carbonyl (C=O) groups excluding carboxylic acids is 2. The first-order valence-corrected chi connectivity index (χ1v) is 5.60. The van der Waals surface area contributed by atoms with Gasteiger partial charge in [0.05, 0.1) is 12.4 Å². The van der Waals surface area contributed by atoms with Crippen molar-refractivity contribution >= 4 is 23.9 Å². The third-order valence-electron chi connectivity index (χ3n) is 1.81. The van der Waals surface area contributed by atoms with Crippen molar-refractivity contribution in [3.05, 3.63) is 0 Å². The van der Waals surface area contributed by atoms with Gasteiger partial charge in [-0.2, -0.15) is 0 Å². The summed E-state index contributed by atoms with van der Waals surface area (Å²) >= 11 is 0. The van der Waals surface area contributed by atoms with E-state index >= 15 is 0 Å². The number of nitrogens with zero attached hydrogens (tertiary/aromatic N) is 1. The third-order valence-corrected chi connectivity index (χ3v) is 1.81. The van der Waals surface area contributed by atoms with E-state index < -0.39 is 30.4 Å². The number of hydrogen-bond donors (Lipinski definition) is 4. The predicted octanol–water partition coefficient (Wildman–Crippen LogP) is -11.1. The molecule has 0 unspecified atom stereocenters. The molecule has 0 aromatic carbocycles. The van der Waals surface area contributed by atoms with E-state index in [0.717, 1.165) is 0 Å². The van der Waals surface area contributed by atoms with Crippen LogP contribution in [0.25, 0.3) is 0 Å². The molecule has 0 aliphatic heterocycles. The van der Waals surface area contributed by atoms with Gasteiger partial charge in [0.15, 0.2) is 5.96 Å². The normalized spacial score (nSPS) is 9.26. The molecular formula is C10H20N4Na2O7. The SMILES string of the molecule is NC(N)=NCCC[C@H](N)C(=O)[O-].O.O=C([O-])CCC(=O)O.[Na+].[Na+]. The Labute approximate surface area is 177 Å². The van der Waals surface area contributed by atoms with Crippen molar-refractivity contribution < 1.29 is 94.3 Å². The van der Waals surface area contributed by atoms with E-state index in [9.17, 15) is 24.6 Å². The van der Waals surface area contributed by atoms with Gasteiger partial charge >= 0.3 is 65.1 Å². The molecule has 0 aliphatic carbocycles. The second-order valence-electron chi connectivity index (χ2n) is 3.64. The molecule has 0 aromatic heterocycles. The smallest absolute Gasteiger partial charge is 0.550 e. The maximum atomic E-state index is 10.1. The summed E-state index contributed by atoms with van der Waals surface area (Å²) in [5, 5.41) is 27.5. The van der Waals surface area contributed by atoms with E-state index in [1.165, 1.54) is 0 Å². The molecule has 1 atom stereocenters. The van der Waals surface area contributed by atoms with Gasteiger partial charge in [0.2, 0.25) is 0 Å². The third kappa shape index (κ3) is 34.1. The van der Waals surface area contributed by atoms with Crippen molar-refractivity contribution in [3.8, 4) is 0 Å². The molecule has 0 heterocycles. The minimum Gasteiger partial charge on any atom is -0.550 e. The summed E-state index contributed by atoms with van der Waals surface area (Å²) in [4.78, 5) is 32.9. The Bertz CT molecular complexity index is 351. The van der Waals surface area contributed by atoms with E-state index in [1.807, 2.05) is 0 Å².